The van der Waals surface area contributed by atoms with Crippen LogP contribution in [0.15, 0.2) is 22.7 Å². The Morgan fingerprint density at radius 3 is 2.78 bits per heavy atom. The van der Waals surface area contributed by atoms with Crippen molar-refractivity contribution >= 4 is 33.5 Å². The van der Waals surface area contributed by atoms with E-state index >= 15 is 0 Å². The number of nitrogens with zero attached hydrogens (tertiary/aromatic N) is 3. The quantitative estimate of drug-likeness (QED) is 0.902. The molecule has 0 saturated carbocycles. The molecule has 2 rings (SSSR count). The van der Waals surface area contributed by atoms with E-state index in [2.05, 4.69) is 36.2 Å². The molecule has 0 aliphatic carbocycles. The van der Waals surface area contributed by atoms with E-state index in [-0.39, 0.29) is 23.6 Å². The average molecular weight is 314 g/mol. The molecule has 0 spiro atoms. The summed E-state index contributed by atoms with van der Waals surface area (Å²) in [6.45, 7) is 0. The first-order valence-corrected chi connectivity index (χ1v) is 5.66. The molecule has 18 heavy (non-hydrogen) atoms. The molecule has 0 unspecified atom stereocenters. The SMILES string of the molecule is COc1nc(N)nc(Nc2c(F)cccc2Br)n1. The largest absolute Gasteiger partial charge is 0.467 e. The summed E-state index contributed by atoms with van der Waals surface area (Å²) in [5, 5.41) is 2.71. The minimum Gasteiger partial charge on any atom is -0.467 e. The fourth-order valence-electron chi connectivity index (χ4n) is 1.25. The Bertz CT molecular complexity index is 560. The molecule has 0 fully saturated rings. The lowest BCUT2D eigenvalue weighted by Gasteiger charge is -2.08. The standard InChI is InChI=1S/C10H9BrFN5O/c1-18-10-16-8(13)15-9(17-10)14-7-5(11)3-2-4-6(7)12/h2-4H,1H3,(H3,13,14,15,16,17). The Balaban J connectivity index is 2.37. The highest BCUT2D eigenvalue weighted by Gasteiger charge is 2.10. The molecule has 0 aliphatic rings. The van der Waals surface area contributed by atoms with Crippen molar-refractivity contribution in [2.24, 2.45) is 0 Å². The van der Waals surface area contributed by atoms with Crippen LogP contribution in [0.1, 0.15) is 0 Å². The Morgan fingerprint density at radius 2 is 2.11 bits per heavy atom. The van der Waals surface area contributed by atoms with Crippen molar-refractivity contribution < 1.29 is 9.13 Å². The van der Waals surface area contributed by atoms with Crippen molar-refractivity contribution in [2.75, 3.05) is 18.2 Å². The van der Waals surface area contributed by atoms with Crippen LogP contribution in [0.4, 0.5) is 22.0 Å². The summed E-state index contributed by atoms with van der Waals surface area (Å²) < 4.78 is 19.0. The van der Waals surface area contributed by atoms with Crippen LogP contribution in [-0.4, -0.2) is 22.1 Å². The summed E-state index contributed by atoms with van der Waals surface area (Å²) in [4.78, 5) is 11.5. The first-order chi connectivity index (χ1) is 8.60. The number of benzene rings is 1. The molecule has 0 aliphatic heterocycles. The normalized spacial score (nSPS) is 10.2. The second-order valence-electron chi connectivity index (χ2n) is 3.23. The second kappa shape index (κ2) is 5.13. The number of nitrogens with two attached hydrogens (primary N) is 1. The lowest BCUT2D eigenvalue weighted by Crippen LogP contribution is -2.06. The number of methoxy groups -OCH3 is 1. The predicted octanol–water partition coefficient (Wildman–Crippen LogP) is 2.11. The third-order valence-electron chi connectivity index (χ3n) is 2.01. The summed E-state index contributed by atoms with van der Waals surface area (Å²) in [5.41, 5.74) is 5.69. The fraction of sp³-hybridized carbons (Fsp3) is 0.100. The Labute approximate surface area is 111 Å². The van der Waals surface area contributed by atoms with Gasteiger partial charge in [-0.1, -0.05) is 6.07 Å². The van der Waals surface area contributed by atoms with Crippen molar-refractivity contribution in [3.63, 3.8) is 0 Å². The monoisotopic (exact) mass is 313 g/mol. The molecule has 0 radical (unpaired) electrons. The maximum absolute atomic E-state index is 13.6. The van der Waals surface area contributed by atoms with Gasteiger partial charge in [-0.05, 0) is 28.1 Å². The molecule has 94 valence electrons. The first-order valence-electron chi connectivity index (χ1n) is 4.86. The molecule has 8 heteroatoms. The van der Waals surface area contributed by atoms with E-state index < -0.39 is 5.82 Å². The number of hydrogen-bond acceptors (Lipinski definition) is 6. The molecular weight excluding hydrogens is 305 g/mol. The zero-order valence-electron chi connectivity index (χ0n) is 9.32. The number of halogens is 2. The molecule has 0 saturated heterocycles. The third-order valence-corrected chi connectivity index (χ3v) is 2.68. The van der Waals surface area contributed by atoms with Gasteiger partial charge in [-0.2, -0.15) is 15.0 Å². The summed E-state index contributed by atoms with van der Waals surface area (Å²) in [5.74, 6) is -0.357. The van der Waals surface area contributed by atoms with E-state index in [4.69, 9.17) is 10.5 Å². The van der Waals surface area contributed by atoms with Gasteiger partial charge in [-0.15, -0.1) is 0 Å². The maximum Gasteiger partial charge on any atom is 0.322 e. The lowest BCUT2D eigenvalue weighted by atomic mass is 10.3. The number of para-hydroxylation sites is 1. The molecule has 3 N–H and O–H groups in total. The van der Waals surface area contributed by atoms with Gasteiger partial charge >= 0.3 is 6.01 Å². The van der Waals surface area contributed by atoms with Crippen LogP contribution >= 0.6 is 15.9 Å². The fourth-order valence-corrected chi connectivity index (χ4v) is 1.69. The molecule has 1 aromatic carbocycles. The summed E-state index contributed by atoms with van der Waals surface area (Å²) in [7, 11) is 1.40. The van der Waals surface area contributed by atoms with E-state index in [1.54, 1.807) is 12.1 Å². The van der Waals surface area contributed by atoms with E-state index in [1.165, 1.54) is 13.2 Å². The number of nitrogen functional groups attached to an aromatic ring is 1. The van der Waals surface area contributed by atoms with Gasteiger partial charge in [-0.25, -0.2) is 4.39 Å². The van der Waals surface area contributed by atoms with Gasteiger partial charge < -0.3 is 15.8 Å². The molecule has 2 aromatic rings. The highest BCUT2D eigenvalue weighted by Crippen LogP contribution is 2.27. The van der Waals surface area contributed by atoms with Gasteiger partial charge in [0.1, 0.15) is 5.82 Å². The smallest absolute Gasteiger partial charge is 0.322 e. The summed E-state index contributed by atoms with van der Waals surface area (Å²) >= 11 is 3.22. The molecule has 0 amide bonds. The Hall–Kier alpha value is -1.96. The van der Waals surface area contributed by atoms with Gasteiger partial charge in [-0.3, -0.25) is 0 Å². The third kappa shape index (κ3) is 2.65. The summed E-state index contributed by atoms with van der Waals surface area (Å²) in [6, 6.07) is 4.63. The second-order valence-corrected chi connectivity index (χ2v) is 4.08. The van der Waals surface area contributed by atoms with Crippen molar-refractivity contribution in [1.29, 1.82) is 0 Å². The maximum atomic E-state index is 13.6. The van der Waals surface area contributed by atoms with Crippen molar-refractivity contribution in [3.8, 4) is 6.01 Å². The number of anilines is 3. The van der Waals surface area contributed by atoms with Gasteiger partial charge in [0.15, 0.2) is 0 Å². The summed E-state index contributed by atoms with van der Waals surface area (Å²) in [6.07, 6.45) is 0. The van der Waals surface area contributed by atoms with Crippen molar-refractivity contribution in [1.82, 2.24) is 15.0 Å². The molecule has 0 bridgehead atoms. The number of hydrogen-bond donors (Lipinski definition) is 2. The van der Waals surface area contributed by atoms with Crippen LogP contribution in [0.3, 0.4) is 0 Å². The van der Waals surface area contributed by atoms with Crippen LogP contribution in [0, 0.1) is 5.82 Å². The number of rotatable bonds is 3. The van der Waals surface area contributed by atoms with Crippen LogP contribution in [0.25, 0.3) is 0 Å². The van der Waals surface area contributed by atoms with Crippen LogP contribution in [0.2, 0.25) is 0 Å². The number of nitrogens with one attached hydrogen (secondary N) is 1. The topological polar surface area (TPSA) is 86.0 Å². The Morgan fingerprint density at radius 1 is 1.33 bits per heavy atom. The van der Waals surface area contributed by atoms with E-state index in [0.29, 0.717) is 4.47 Å². The number of aromatic nitrogens is 3. The molecule has 6 nitrogen and oxygen atoms in total. The molecule has 1 aromatic heterocycles. The molecule has 1 heterocycles. The van der Waals surface area contributed by atoms with E-state index in [9.17, 15) is 4.39 Å². The highest BCUT2D eigenvalue weighted by molar-refractivity contribution is 9.10. The van der Waals surface area contributed by atoms with Gasteiger partial charge in [0.2, 0.25) is 11.9 Å². The average Bonchev–Trinajstić information content (AvgIpc) is 2.33. The lowest BCUT2D eigenvalue weighted by molar-refractivity contribution is 0.380. The van der Waals surface area contributed by atoms with E-state index in [1.807, 2.05) is 0 Å². The van der Waals surface area contributed by atoms with Crippen LogP contribution < -0.4 is 15.8 Å². The van der Waals surface area contributed by atoms with Gasteiger partial charge in [0, 0.05) is 4.47 Å². The number of ether oxygens (including phenoxy) is 1. The zero-order valence-corrected chi connectivity index (χ0v) is 10.9. The van der Waals surface area contributed by atoms with Crippen molar-refractivity contribution in [2.45, 2.75) is 0 Å². The zero-order chi connectivity index (χ0) is 13.1. The molecule has 0 atom stereocenters. The first kappa shape index (κ1) is 12.5. The molecular formula is C10H9BrFN5O. The van der Waals surface area contributed by atoms with Gasteiger partial charge in [0.25, 0.3) is 0 Å². The van der Waals surface area contributed by atoms with Gasteiger partial charge in [0.05, 0.1) is 12.8 Å². The van der Waals surface area contributed by atoms with Crippen LogP contribution in [-0.2, 0) is 0 Å². The van der Waals surface area contributed by atoms with E-state index in [0.717, 1.165) is 0 Å². The van der Waals surface area contributed by atoms with Crippen LogP contribution in [0.5, 0.6) is 6.01 Å². The minimum absolute atomic E-state index is 0.0168. The highest BCUT2D eigenvalue weighted by atomic mass is 79.9. The Kier molecular flexibility index (Phi) is 3.56. The van der Waals surface area contributed by atoms with Crippen molar-refractivity contribution in [3.05, 3.63) is 28.5 Å². The minimum atomic E-state index is -0.442. The predicted molar refractivity (Wildman–Crippen MR) is 68.2 cm³/mol.